The number of aliphatic carboxylic acids is 1. The van der Waals surface area contributed by atoms with E-state index in [9.17, 15) is 9.90 Å². The van der Waals surface area contributed by atoms with Crippen LogP contribution in [0.4, 0.5) is 0 Å². The molecule has 0 heterocycles. The molecule has 1 N–H and O–H groups in total. The quantitative estimate of drug-likeness (QED) is 0.882. The predicted octanol–water partition coefficient (Wildman–Crippen LogP) is 3.74. The lowest BCUT2D eigenvalue weighted by Crippen LogP contribution is -2.30. The minimum absolute atomic E-state index is 0.527. The molecule has 2 heteroatoms. The molecule has 98 valence electrons. The summed E-state index contributed by atoms with van der Waals surface area (Å²) in [5.41, 5.74) is 3.15. The summed E-state index contributed by atoms with van der Waals surface area (Å²) in [5, 5.41) is 9.57. The maximum atomic E-state index is 11.6. The van der Waals surface area contributed by atoms with Crippen LogP contribution in [0.2, 0.25) is 0 Å². The van der Waals surface area contributed by atoms with Gasteiger partial charge in [0.15, 0.2) is 0 Å². The number of carbonyl (C=O) groups is 1. The van der Waals surface area contributed by atoms with Gasteiger partial charge in [-0.3, -0.25) is 4.79 Å². The Morgan fingerprint density at radius 1 is 1.39 bits per heavy atom. The standard InChI is InChI=1S/C16H22O2/c1-11-6-7-16(9-11,15(17)18)10-14-5-4-12(2)13(3)8-14/h4-5,8,11H,6-7,9-10H2,1-3H3,(H,17,18). The molecule has 0 aliphatic heterocycles. The summed E-state index contributed by atoms with van der Waals surface area (Å²) in [6.45, 7) is 6.33. The fourth-order valence-corrected chi connectivity index (χ4v) is 3.13. The van der Waals surface area contributed by atoms with Crippen LogP contribution in [-0.2, 0) is 11.2 Å². The normalized spacial score (nSPS) is 27.4. The number of benzene rings is 1. The van der Waals surface area contributed by atoms with Crippen molar-refractivity contribution in [3.05, 3.63) is 34.9 Å². The lowest BCUT2D eigenvalue weighted by atomic mass is 9.79. The average Bonchev–Trinajstić information content (AvgIpc) is 2.67. The van der Waals surface area contributed by atoms with Gasteiger partial charge in [-0.1, -0.05) is 25.1 Å². The van der Waals surface area contributed by atoms with E-state index >= 15 is 0 Å². The van der Waals surface area contributed by atoms with Crippen LogP contribution in [0, 0.1) is 25.2 Å². The monoisotopic (exact) mass is 246 g/mol. The van der Waals surface area contributed by atoms with Gasteiger partial charge >= 0.3 is 5.97 Å². The number of carboxylic acids is 1. The third-order valence-corrected chi connectivity index (χ3v) is 4.42. The van der Waals surface area contributed by atoms with Gasteiger partial charge in [-0.25, -0.2) is 0 Å². The van der Waals surface area contributed by atoms with Gasteiger partial charge in [0.2, 0.25) is 0 Å². The van der Waals surface area contributed by atoms with E-state index in [1.807, 2.05) is 0 Å². The molecule has 2 atom stereocenters. The van der Waals surface area contributed by atoms with Crippen molar-refractivity contribution in [2.24, 2.45) is 11.3 Å². The van der Waals surface area contributed by atoms with Crippen LogP contribution >= 0.6 is 0 Å². The summed E-state index contributed by atoms with van der Waals surface area (Å²) >= 11 is 0. The van der Waals surface area contributed by atoms with Gasteiger partial charge in [0.05, 0.1) is 5.41 Å². The van der Waals surface area contributed by atoms with Gasteiger partial charge in [-0.2, -0.15) is 0 Å². The Balaban J connectivity index is 2.24. The Kier molecular flexibility index (Phi) is 3.47. The van der Waals surface area contributed by atoms with Crippen LogP contribution in [0.3, 0.4) is 0 Å². The molecule has 0 aromatic heterocycles. The number of hydrogen-bond acceptors (Lipinski definition) is 1. The van der Waals surface area contributed by atoms with Gasteiger partial charge in [-0.15, -0.1) is 0 Å². The molecule has 0 radical (unpaired) electrons. The van der Waals surface area contributed by atoms with E-state index in [-0.39, 0.29) is 0 Å². The summed E-state index contributed by atoms with van der Waals surface area (Å²) in [5.74, 6) is -0.0854. The maximum Gasteiger partial charge on any atom is 0.309 e. The van der Waals surface area contributed by atoms with Gasteiger partial charge < -0.3 is 5.11 Å². The summed E-state index contributed by atoms with van der Waals surface area (Å²) in [7, 11) is 0. The summed E-state index contributed by atoms with van der Waals surface area (Å²) in [4.78, 5) is 11.6. The van der Waals surface area contributed by atoms with Crippen molar-refractivity contribution in [3.63, 3.8) is 0 Å². The topological polar surface area (TPSA) is 37.3 Å². The van der Waals surface area contributed by atoms with Crippen molar-refractivity contribution in [2.45, 2.75) is 46.5 Å². The Morgan fingerprint density at radius 2 is 2.11 bits per heavy atom. The van der Waals surface area contributed by atoms with E-state index in [1.165, 1.54) is 11.1 Å². The molecular formula is C16H22O2. The van der Waals surface area contributed by atoms with Gasteiger partial charge in [0, 0.05) is 0 Å². The molecule has 0 saturated heterocycles. The summed E-state index contributed by atoms with van der Waals surface area (Å²) in [6, 6.07) is 6.32. The third-order valence-electron chi connectivity index (χ3n) is 4.42. The van der Waals surface area contributed by atoms with Crippen LogP contribution in [0.15, 0.2) is 18.2 Å². The van der Waals surface area contributed by atoms with Crippen LogP contribution in [0.1, 0.15) is 42.9 Å². The molecule has 1 aromatic carbocycles. The summed E-state index contributed by atoms with van der Waals surface area (Å²) < 4.78 is 0. The van der Waals surface area contributed by atoms with E-state index < -0.39 is 11.4 Å². The molecule has 2 nitrogen and oxygen atoms in total. The lowest BCUT2D eigenvalue weighted by molar-refractivity contribution is -0.148. The molecule has 1 aliphatic rings. The first-order chi connectivity index (χ1) is 8.43. The van der Waals surface area contributed by atoms with E-state index in [0.29, 0.717) is 12.3 Å². The van der Waals surface area contributed by atoms with Crippen LogP contribution in [0.25, 0.3) is 0 Å². The Bertz CT molecular complexity index is 464. The lowest BCUT2D eigenvalue weighted by Gasteiger charge is -2.24. The molecule has 0 spiro atoms. The second kappa shape index (κ2) is 4.75. The first-order valence-electron chi connectivity index (χ1n) is 6.72. The van der Waals surface area contributed by atoms with E-state index in [0.717, 1.165) is 24.8 Å². The highest BCUT2D eigenvalue weighted by Crippen LogP contribution is 2.44. The molecule has 18 heavy (non-hydrogen) atoms. The number of rotatable bonds is 3. The SMILES string of the molecule is Cc1ccc(CC2(C(=O)O)CCC(C)C2)cc1C. The van der Waals surface area contributed by atoms with E-state index in [2.05, 4.69) is 39.0 Å². The van der Waals surface area contributed by atoms with Gasteiger partial charge in [-0.05, 0) is 62.1 Å². The highest BCUT2D eigenvalue weighted by molar-refractivity contribution is 5.75. The van der Waals surface area contributed by atoms with Crippen molar-refractivity contribution in [2.75, 3.05) is 0 Å². The average molecular weight is 246 g/mol. The Labute approximate surface area is 109 Å². The first kappa shape index (κ1) is 13.1. The minimum atomic E-state index is -0.620. The highest BCUT2D eigenvalue weighted by atomic mass is 16.4. The molecule has 1 saturated carbocycles. The number of aryl methyl sites for hydroxylation is 2. The van der Waals surface area contributed by atoms with Crippen molar-refractivity contribution in [1.29, 1.82) is 0 Å². The number of carboxylic acid groups (broad SMARTS) is 1. The van der Waals surface area contributed by atoms with Crippen molar-refractivity contribution in [3.8, 4) is 0 Å². The molecule has 1 aromatic rings. The van der Waals surface area contributed by atoms with Crippen molar-refractivity contribution >= 4 is 5.97 Å². The first-order valence-corrected chi connectivity index (χ1v) is 6.72. The predicted molar refractivity (Wildman–Crippen MR) is 72.7 cm³/mol. The van der Waals surface area contributed by atoms with Crippen LogP contribution in [-0.4, -0.2) is 11.1 Å². The third kappa shape index (κ3) is 2.43. The molecule has 2 unspecified atom stereocenters. The second-order valence-corrected chi connectivity index (χ2v) is 6.03. The summed E-state index contributed by atoms with van der Waals surface area (Å²) in [6.07, 6.45) is 3.34. The number of hydrogen-bond donors (Lipinski definition) is 1. The zero-order chi connectivity index (χ0) is 13.3. The highest BCUT2D eigenvalue weighted by Gasteiger charge is 2.43. The zero-order valence-electron chi connectivity index (χ0n) is 11.5. The van der Waals surface area contributed by atoms with Crippen molar-refractivity contribution in [1.82, 2.24) is 0 Å². The largest absolute Gasteiger partial charge is 0.481 e. The molecule has 1 fully saturated rings. The molecule has 0 amide bonds. The van der Waals surface area contributed by atoms with Crippen LogP contribution in [0.5, 0.6) is 0 Å². The maximum absolute atomic E-state index is 11.6. The minimum Gasteiger partial charge on any atom is -0.481 e. The zero-order valence-corrected chi connectivity index (χ0v) is 11.5. The van der Waals surface area contributed by atoms with Crippen LogP contribution < -0.4 is 0 Å². The molecule has 1 aliphatic carbocycles. The smallest absolute Gasteiger partial charge is 0.309 e. The molecule has 0 bridgehead atoms. The second-order valence-electron chi connectivity index (χ2n) is 6.03. The van der Waals surface area contributed by atoms with E-state index in [1.54, 1.807) is 0 Å². The van der Waals surface area contributed by atoms with Gasteiger partial charge in [0.25, 0.3) is 0 Å². The fraction of sp³-hybridized carbons (Fsp3) is 0.562. The van der Waals surface area contributed by atoms with Crippen molar-refractivity contribution < 1.29 is 9.90 Å². The molecule has 2 rings (SSSR count). The van der Waals surface area contributed by atoms with E-state index in [4.69, 9.17) is 0 Å². The Morgan fingerprint density at radius 3 is 2.61 bits per heavy atom. The Hall–Kier alpha value is -1.31. The van der Waals surface area contributed by atoms with Gasteiger partial charge in [0.1, 0.15) is 0 Å². The molecular weight excluding hydrogens is 224 g/mol. The fourth-order valence-electron chi connectivity index (χ4n) is 3.13.